The van der Waals surface area contributed by atoms with Crippen molar-refractivity contribution in [3.05, 3.63) is 24.3 Å². The number of rotatable bonds is 4. The molecule has 1 atom stereocenters. The molecule has 0 bridgehead atoms. The molecule has 7 heteroatoms. The van der Waals surface area contributed by atoms with Gasteiger partial charge in [-0.25, -0.2) is 8.42 Å². The van der Waals surface area contributed by atoms with E-state index >= 15 is 0 Å². The second kappa shape index (κ2) is 5.90. The molecule has 1 heterocycles. The number of hydrogen-bond donors (Lipinski definition) is 2. The summed E-state index contributed by atoms with van der Waals surface area (Å²) < 4.78 is 26.3. The van der Waals surface area contributed by atoms with Gasteiger partial charge >= 0.3 is 0 Å². The van der Waals surface area contributed by atoms with Crippen molar-refractivity contribution < 1.29 is 13.2 Å². The van der Waals surface area contributed by atoms with Gasteiger partial charge < -0.3 is 10.6 Å². The quantitative estimate of drug-likeness (QED) is 0.854. The molecule has 110 valence electrons. The number of hydrogen-bond acceptors (Lipinski definition) is 4. The molecule has 1 aliphatic rings. The van der Waals surface area contributed by atoms with Crippen molar-refractivity contribution in [2.24, 2.45) is 0 Å². The first-order valence-electron chi connectivity index (χ1n) is 6.47. The van der Waals surface area contributed by atoms with Gasteiger partial charge in [-0.2, -0.15) is 4.31 Å². The maximum Gasteiger partial charge on any atom is 0.243 e. The predicted molar refractivity (Wildman–Crippen MR) is 77.0 cm³/mol. The lowest BCUT2D eigenvalue weighted by molar-refractivity contribution is -0.114. The van der Waals surface area contributed by atoms with E-state index in [1.807, 2.05) is 0 Å². The molecule has 2 rings (SSSR count). The van der Waals surface area contributed by atoms with E-state index in [1.165, 1.54) is 23.4 Å². The molecule has 1 unspecified atom stereocenters. The molecule has 0 aliphatic carbocycles. The number of carbonyl (C=O) groups excluding carboxylic acids is 1. The summed E-state index contributed by atoms with van der Waals surface area (Å²) in [5.74, 6) is -0.185. The third kappa shape index (κ3) is 3.17. The first-order chi connectivity index (χ1) is 9.41. The Labute approximate surface area is 119 Å². The Balaban J connectivity index is 2.18. The molecule has 1 fully saturated rings. The summed E-state index contributed by atoms with van der Waals surface area (Å²) in [5, 5.41) is 5.76. The van der Waals surface area contributed by atoms with Crippen LogP contribution in [0.4, 0.5) is 5.69 Å². The minimum absolute atomic E-state index is 0.00461. The molecule has 1 aromatic rings. The number of nitrogens with one attached hydrogen (secondary N) is 2. The standard InChI is InChI=1S/C13H19N3O3S/c1-10(17)15-11-3-5-13(6-4-11)20(18,19)16(2)12-7-8-14-9-12/h3-6,12,14H,7-9H2,1-2H3,(H,15,17). The zero-order valence-electron chi connectivity index (χ0n) is 11.6. The molecule has 1 amide bonds. The van der Waals surface area contributed by atoms with Gasteiger partial charge in [0.2, 0.25) is 15.9 Å². The molecule has 1 aromatic carbocycles. The van der Waals surface area contributed by atoms with Crippen LogP contribution < -0.4 is 10.6 Å². The second-order valence-electron chi connectivity index (χ2n) is 4.87. The van der Waals surface area contributed by atoms with Gasteiger partial charge in [0.15, 0.2) is 0 Å². The summed E-state index contributed by atoms with van der Waals surface area (Å²) in [7, 11) is -1.88. The van der Waals surface area contributed by atoms with Crippen LogP contribution >= 0.6 is 0 Å². The van der Waals surface area contributed by atoms with Gasteiger partial charge in [0.05, 0.1) is 4.90 Å². The molecule has 1 saturated heterocycles. The van der Waals surface area contributed by atoms with Gasteiger partial charge in [0, 0.05) is 32.2 Å². The molecule has 20 heavy (non-hydrogen) atoms. The fourth-order valence-electron chi connectivity index (χ4n) is 2.23. The van der Waals surface area contributed by atoms with Crippen molar-refractivity contribution in [2.45, 2.75) is 24.3 Å². The van der Waals surface area contributed by atoms with Gasteiger partial charge in [-0.3, -0.25) is 4.79 Å². The van der Waals surface area contributed by atoms with Crippen molar-refractivity contribution in [3.63, 3.8) is 0 Å². The Morgan fingerprint density at radius 3 is 2.50 bits per heavy atom. The summed E-state index contributed by atoms with van der Waals surface area (Å²) >= 11 is 0. The van der Waals surface area contributed by atoms with Crippen LogP contribution in [0.1, 0.15) is 13.3 Å². The highest BCUT2D eigenvalue weighted by Gasteiger charge is 2.29. The van der Waals surface area contributed by atoms with Crippen molar-refractivity contribution in [3.8, 4) is 0 Å². The zero-order valence-corrected chi connectivity index (χ0v) is 12.4. The van der Waals surface area contributed by atoms with Gasteiger partial charge in [-0.05, 0) is 37.2 Å². The molecule has 0 spiro atoms. The van der Waals surface area contributed by atoms with E-state index in [4.69, 9.17) is 0 Å². The number of sulfonamides is 1. The van der Waals surface area contributed by atoms with Crippen LogP contribution in [0.5, 0.6) is 0 Å². The summed E-state index contributed by atoms with van der Waals surface area (Å²) in [6.07, 6.45) is 0.819. The molecule has 0 saturated carbocycles. The highest BCUT2D eigenvalue weighted by molar-refractivity contribution is 7.89. The minimum atomic E-state index is -3.49. The van der Waals surface area contributed by atoms with E-state index in [-0.39, 0.29) is 16.8 Å². The van der Waals surface area contributed by atoms with Crippen molar-refractivity contribution >= 4 is 21.6 Å². The minimum Gasteiger partial charge on any atom is -0.326 e. The lowest BCUT2D eigenvalue weighted by atomic mass is 10.3. The van der Waals surface area contributed by atoms with Crippen LogP contribution in [0.2, 0.25) is 0 Å². The van der Waals surface area contributed by atoms with E-state index < -0.39 is 10.0 Å². The Bertz CT molecular complexity index is 577. The largest absolute Gasteiger partial charge is 0.326 e. The number of likely N-dealkylation sites (N-methyl/N-ethyl adjacent to an activating group) is 1. The Morgan fingerprint density at radius 2 is 2.00 bits per heavy atom. The number of carbonyl (C=O) groups is 1. The van der Waals surface area contributed by atoms with Crippen molar-refractivity contribution in [2.75, 3.05) is 25.5 Å². The highest BCUT2D eigenvalue weighted by atomic mass is 32.2. The normalized spacial score (nSPS) is 19.2. The van der Waals surface area contributed by atoms with Crippen LogP contribution in [0.25, 0.3) is 0 Å². The number of amides is 1. The summed E-state index contributed by atoms with van der Waals surface area (Å²) in [6.45, 7) is 2.93. The van der Waals surface area contributed by atoms with E-state index in [0.717, 1.165) is 13.0 Å². The molecule has 0 aromatic heterocycles. The third-order valence-electron chi connectivity index (χ3n) is 3.40. The smallest absolute Gasteiger partial charge is 0.243 e. The van der Waals surface area contributed by atoms with E-state index in [0.29, 0.717) is 12.2 Å². The van der Waals surface area contributed by atoms with Crippen LogP contribution in [0.15, 0.2) is 29.2 Å². The molecule has 0 radical (unpaired) electrons. The van der Waals surface area contributed by atoms with Gasteiger partial charge in [-0.15, -0.1) is 0 Å². The number of anilines is 1. The fourth-order valence-corrected chi connectivity index (χ4v) is 3.61. The third-order valence-corrected chi connectivity index (χ3v) is 5.32. The van der Waals surface area contributed by atoms with Crippen molar-refractivity contribution in [1.82, 2.24) is 9.62 Å². The van der Waals surface area contributed by atoms with Crippen LogP contribution in [-0.4, -0.2) is 44.8 Å². The second-order valence-corrected chi connectivity index (χ2v) is 6.87. The zero-order chi connectivity index (χ0) is 14.8. The van der Waals surface area contributed by atoms with Gasteiger partial charge in [-0.1, -0.05) is 0 Å². The number of nitrogens with zero attached hydrogens (tertiary/aromatic N) is 1. The summed E-state index contributed by atoms with van der Waals surface area (Å²) in [6, 6.07) is 6.21. The lowest BCUT2D eigenvalue weighted by Crippen LogP contribution is -2.38. The van der Waals surface area contributed by atoms with E-state index in [2.05, 4.69) is 10.6 Å². The average molecular weight is 297 g/mol. The van der Waals surface area contributed by atoms with Gasteiger partial charge in [0.25, 0.3) is 0 Å². The number of benzene rings is 1. The van der Waals surface area contributed by atoms with E-state index in [1.54, 1.807) is 19.2 Å². The fraction of sp³-hybridized carbons (Fsp3) is 0.462. The summed E-state index contributed by atoms with van der Waals surface area (Å²) in [4.78, 5) is 11.2. The van der Waals surface area contributed by atoms with Crippen LogP contribution in [0, 0.1) is 0 Å². The van der Waals surface area contributed by atoms with Crippen LogP contribution in [-0.2, 0) is 14.8 Å². The monoisotopic (exact) mass is 297 g/mol. The molecule has 6 nitrogen and oxygen atoms in total. The Kier molecular flexibility index (Phi) is 4.42. The maximum atomic E-state index is 12.5. The molecular weight excluding hydrogens is 278 g/mol. The predicted octanol–water partition coefficient (Wildman–Crippen LogP) is 0.627. The van der Waals surface area contributed by atoms with Crippen LogP contribution in [0.3, 0.4) is 0 Å². The van der Waals surface area contributed by atoms with Gasteiger partial charge in [0.1, 0.15) is 0 Å². The summed E-state index contributed by atoms with van der Waals surface area (Å²) in [5.41, 5.74) is 0.585. The topological polar surface area (TPSA) is 78.5 Å². The highest BCUT2D eigenvalue weighted by Crippen LogP contribution is 2.21. The Hall–Kier alpha value is -1.44. The molecular formula is C13H19N3O3S. The maximum absolute atomic E-state index is 12.5. The molecule has 2 N–H and O–H groups in total. The lowest BCUT2D eigenvalue weighted by Gasteiger charge is -2.23. The first kappa shape index (κ1) is 15.0. The van der Waals surface area contributed by atoms with E-state index in [9.17, 15) is 13.2 Å². The van der Waals surface area contributed by atoms with Crippen molar-refractivity contribution in [1.29, 1.82) is 0 Å². The Morgan fingerprint density at radius 1 is 1.35 bits per heavy atom. The SMILES string of the molecule is CC(=O)Nc1ccc(S(=O)(=O)N(C)C2CCNC2)cc1. The first-order valence-corrected chi connectivity index (χ1v) is 7.91. The average Bonchev–Trinajstić information content (AvgIpc) is 2.91. The molecule has 1 aliphatic heterocycles.